The van der Waals surface area contributed by atoms with E-state index in [0.29, 0.717) is 5.69 Å². The van der Waals surface area contributed by atoms with Gasteiger partial charge in [0.1, 0.15) is 17.2 Å². The van der Waals surface area contributed by atoms with Crippen LogP contribution in [0.25, 0.3) is 0 Å². The zero-order valence-electron chi connectivity index (χ0n) is 14.2. The number of anilines is 2. The van der Waals surface area contributed by atoms with Gasteiger partial charge in [0, 0.05) is 22.9 Å². The first-order valence-corrected chi connectivity index (χ1v) is 8.17. The van der Waals surface area contributed by atoms with E-state index in [1.807, 2.05) is 0 Å². The molecule has 0 amide bonds. The van der Waals surface area contributed by atoms with Crippen molar-refractivity contribution in [1.29, 1.82) is 0 Å². The molecule has 0 saturated heterocycles. The average Bonchev–Trinajstić information content (AvgIpc) is 2.68. The van der Waals surface area contributed by atoms with Crippen LogP contribution in [0.5, 0.6) is 11.5 Å². The summed E-state index contributed by atoms with van der Waals surface area (Å²) < 4.78 is 0. The van der Waals surface area contributed by atoms with Gasteiger partial charge in [0.25, 0.3) is 5.69 Å². The highest BCUT2D eigenvalue weighted by atomic mass is 16.6. The van der Waals surface area contributed by atoms with Gasteiger partial charge in [-0.05, 0) is 36.4 Å². The Hall–Kier alpha value is -4.20. The zero-order valence-corrected chi connectivity index (χ0v) is 14.2. The molecule has 0 spiro atoms. The molecule has 0 bridgehead atoms. The summed E-state index contributed by atoms with van der Waals surface area (Å²) in [7, 11) is 0. The maximum Gasteiger partial charge on any atom is 0.292 e. The van der Waals surface area contributed by atoms with E-state index in [9.17, 15) is 29.9 Å². The maximum atomic E-state index is 12.8. The highest BCUT2D eigenvalue weighted by Crippen LogP contribution is 2.38. The van der Waals surface area contributed by atoms with E-state index in [1.54, 1.807) is 6.07 Å². The number of nitro groups is 1. The van der Waals surface area contributed by atoms with Crippen LogP contribution in [0.15, 0.2) is 54.6 Å². The van der Waals surface area contributed by atoms with Gasteiger partial charge in [0.05, 0.1) is 16.1 Å². The lowest BCUT2D eigenvalue weighted by molar-refractivity contribution is -0.383. The Balaban J connectivity index is 1.80. The molecule has 1 aliphatic rings. The van der Waals surface area contributed by atoms with Crippen LogP contribution in [-0.2, 0) is 0 Å². The number of hydrogen-bond donors (Lipinski definition) is 3. The smallest absolute Gasteiger partial charge is 0.292 e. The summed E-state index contributed by atoms with van der Waals surface area (Å²) in [5.74, 6) is -2.01. The Kier molecular flexibility index (Phi) is 3.82. The average molecular weight is 376 g/mol. The monoisotopic (exact) mass is 376 g/mol. The normalized spacial score (nSPS) is 12.3. The van der Waals surface area contributed by atoms with Gasteiger partial charge in [0.2, 0.25) is 0 Å². The number of nitrogens with zero attached hydrogens (tertiary/aromatic N) is 1. The van der Waals surface area contributed by atoms with Gasteiger partial charge in [-0.2, -0.15) is 0 Å². The van der Waals surface area contributed by atoms with Crippen LogP contribution in [0.1, 0.15) is 31.8 Å². The van der Waals surface area contributed by atoms with Crippen molar-refractivity contribution in [2.24, 2.45) is 0 Å². The van der Waals surface area contributed by atoms with E-state index < -0.39 is 22.2 Å². The third kappa shape index (κ3) is 2.55. The van der Waals surface area contributed by atoms with Crippen LogP contribution >= 0.6 is 0 Å². The second-order valence-corrected chi connectivity index (χ2v) is 6.17. The summed E-state index contributed by atoms with van der Waals surface area (Å²) in [6.07, 6.45) is 0. The maximum absolute atomic E-state index is 12.8. The van der Waals surface area contributed by atoms with Crippen LogP contribution in [0.3, 0.4) is 0 Å². The van der Waals surface area contributed by atoms with Crippen LogP contribution in [-0.4, -0.2) is 26.7 Å². The summed E-state index contributed by atoms with van der Waals surface area (Å²) in [6, 6.07) is 12.6. The van der Waals surface area contributed by atoms with Crippen LogP contribution in [0.4, 0.5) is 17.1 Å². The lowest BCUT2D eigenvalue weighted by Crippen LogP contribution is -2.21. The van der Waals surface area contributed by atoms with E-state index in [2.05, 4.69) is 5.32 Å². The van der Waals surface area contributed by atoms with Crippen molar-refractivity contribution >= 4 is 28.6 Å². The number of benzene rings is 3. The minimum atomic E-state index is -0.621. The van der Waals surface area contributed by atoms with E-state index in [1.165, 1.54) is 36.4 Å². The summed E-state index contributed by atoms with van der Waals surface area (Å²) in [6.45, 7) is 0. The standard InChI is InChI=1S/C20H12N2O6/c23-15-7-8-16(24)18-17(15)19(25)11-6-5-10(9-12(11)20(18)26)21-13-3-1-2-4-14(13)22(27)28/h1-9,21,23-24H. The van der Waals surface area contributed by atoms with E-state index in [-0.39, 0.29) is 39.4 Å². The Bertz CT molecular complexity index is 1190. The number of carbonyl (C=O) groups excluding carboxylic acids is 2. The number of hydrogen-bond acceptors (Lipinski definition) is 7. The quantitative estimate of drug-likeness (QED) is 0.283. The summed E-state index contributed by atoms with van der Waals surface area (Å²) in [5.41, 5.74) is 0.0431. The van der Waals surface area contributed by atoms with Crippen molar-refractivity contribution in [2.75, 3.05) is 5.32 Å². The molecule has 3 aromatic carbocycles. The molecule has 3 N–H and O–H groups in total. The van der Waals surface area contributed by atoms with Gasteiger partial charge < -0.3 is 15.5 Å². The van der Waals surface area contributed by atoms with Gasteiger partial charge >= 0.3 is 0 Å². The second kappa shape index (κ2) is 6.20. The molecule has 0 fully saturated rings. The third-order valence-electron chi connectivity index (χ3n) is 4.50. The van der Waals surface area contributed by atoms with Crippen molar-refractivity contribution < 1.29 is 24.7 Å². The highest BCUT2D eigenvalue weighted by molar-refractivity contribution is 6.30. The molecule has 0 radical (unpaired) electrons. The van der Waals surface area contributed by atoms with Crippen molar-refractivity contribution in [2.45, 2.75) is 0 Å². The fraction of sp³-hybridized carbons (Fsp3) is 0. The summed E-state index contributed by atoms with van der Waals surface area (Å²) in [4.78, 5) is 36.2. The van der Waals surface area contributed by atoms with Crippen molar-refractivity contribution in [1.82, 2.24) is 0 Å². The van der Waals surface area contributed by atoms with E-state index >= 15 is 0 Å². The fourth-order valence-electron chi connectivity index (χ4n) is 3.21. The Morgan fingerprint density at radius 2 is 1.43 bits per heavy atom. The molecule has 8 nitrogen and oxygen atoms in total. The molecule has 0 aliphatic heterocycles. The molecule has 3 aromatic rings. The molecule has 0 heterocycles. The molecule has 0 atom stereocenters. The first-order chi connectivity index (χ1) is 13.4. The van der Waals surface area contributed by atoms with Gasteiger partial charge in [-0.3, -0.25) is 19.7 Å². The Morgan fingerprint density at radius 3 is 2.07 bits per heavy atom. The highest BCUT2D eigenvalue weighted by Gasteiger charge is 2.34. The topological polar surface area (TPSA) is 130 Å². The molecule has 0 aromatic heterocycles. The number of carbonyl (C=O) groups is 2. The number of nitro benzene ring substituents is 1. The minimum Gasteiger partial charge on any atom is -0.507 e. The third-order valence-corrected chi connectivity index (χ3v) is 4.50. The van der Waals surface area contributed by atoms with E-state index in [0.717, 1.165) is 12.1 Å². The summed E-state index contributed by atoms with van der Waals surface area (Å²) >= 11 is 0. The van der Waals surface area contributed by atoms with Gasteiger partial charge in [0.15, 0.2) is 11.6 Å². The van der Waals surface area contributed by atoms with Crippen LogP contribution in [0.2, 0.25) is 0 Å². The first-order valence-electron chi connectivity index (χ1n) is 8.17. The molecular formula is C20H12N2O6. The number of fused-ring (bicyclic) bond motifs is 2. The number of phenolic OH excluding ortho intramolecular Hbond substituents is 2. The van der Waals surface area contributed by atoms with Crippen LogP contribution < -0.4 is 5.32 Å². The molecule has 28 heavy (non-hydrogen) atoms. The Labute approximate surface area is 157 Å². The number of ketones is 2. The predicted molar refractivity (Wildman–Crippen MR) is 99.5 cm³/mol. The second-order valence-electron chi connectivity index (χ2n) is 6.17. The molecule has 0 unspecified atom stereocenters. The molecule has 0 saturated carbocycles. The predicted octanol–water partition coefficient (Wildman–Crippen LogP) is 3.53. The zero-order chi connectivity index (χ0) is 20.0. The molecular weight excluding hydrogens is 364 g/mol. The van der Waals surface area contributed by atoms with Crippen molar-refractivity contribution in [3.8, 4) is 11.5 Å². The number of nitrogens with one attached hydrogen (secondary N) is 1. The molecule has 8 heteroatoms. The molecule has 138 valence electrons. The molecule has 4 rings (SSSR count). The van der Waals surface area contributed by atoms with Gasteiger partial charge in [-0.25, -0.2) is 0 Å². The lowest BCUT2D eigenvalue weighted by atomic mass is 9.83. The Morgan fingerprint density at radius 1 is 0.821 bits per heavy atom. The molecule has 1 aliphatic carbocycles. The van der Waals surface area contributed by atoms with Crippen molar-refractivity contribution in [3.63, 3.8) is 0 Å². The van der Waals surface area contributed by atoms with Gasteiger partial charge in [-0.1, -0.05) is 12.1 Å². The largest absolute Gasteiger partial charge is 0.507 e. The van der Waals surface area contributed by atoms with Gasteiger partial charge in [-0.15, -0.1) is 0 Å². The summed E-state index contributed by atoms with van der Waals surface area (Å²) in [5, 5.41) is 34.0. The number of rotatable bonds is 3. The SMILES string of the molecule is O=C1c2ccc(Nc3ccccc3[N+](=O)[O-])cc2C(=O)c2c(O)ccc(O)c21. The number of phenols is 2. The van der Waals surface area contributed by atoms with E-state index in [4.69, 9.17) is 0 Å². The fourth-order valence-corrected chi connectivity index (χ4v) is 3.21. The number of para-hydroxylation sites is 2. The number of aromatic hydroxyl groups is 2. The van der Waals surface area contributed by atoms with Crippen LogP contribution in [0, 0.1) is 10.1 Å². The first kappa shape index (κ1) is 17.2. The van der Waals surface area contributed by atoms with Crippen molar-refractivity contribution in [3.05, 3.63) is 87.0 Å². The minimum absolute atomic E-state index is 0.0296. The lowest BCUT2D eigenvalue weighted by Gasteiger charge is -2.20.